The van der Waals surface area contributed by atoms with Crippen molar-refractivity contribution in [2.24, 2.45) is 0 Å². The van der Waals surface area contributed by atoms with E-state index in [0.29, 0.717) is 11.1 Å². The summed E-state index contributed by atoms with van der Waals surface area (Å²) in [6.45, 7) is 5.62. The average molecular weight is 706 g/mol. The maximum absolute atomic E-state index is 12.0. The Morgan fingerprint density at radius 2 is 1.24 bits per heavy atom. The molecule has 272 valence electrons. The third-order valence-electron chi connectivity index (χ3n) is 6.38. The van der Waals surface area contributed by atoms with Gasteiger partial charge in [0.2, 0.25) is 29.5 Å². The highest BCUT2D eigenvalue weighted by Crippen LogP contribution is 2.14. The Labute approximate surface area is 285 Å². The minimum Gasteiger partial charge on any atom is -0.465 e. The van der Waals surface area contributed by atoms with Crippen LogP contribution in [0.15, 0.2) is 48.5 Å². The number of ether oxygens (including phenoxy) is 1. The number of carbonyl (C=O) groups excluding carboxylic acids is 6. The lowest BCUT2D eigenvalue weighted by Gasteiger charge is -2.19. The molecule has 2 rings (SSSR count). The lowest BCUT2D eigenvalue weighted by Crippen LogP contribution is -2.54. The minimum atomic E-state index is -1.41. The summed E-state index contributed by atoms with van der Waals surface area (Å²) in [4.78, 5) is 90.6. The minimum absolute atomic E-state index is 0.100. The number of aliphatic hydroxyl groups is 1. The highest BCUT2D eigenvalue weighted by atomic mass is 16.6. The normalized spacial score (nSPS) is 12.7. The number of aliphatic hydroxyl groups excluding tert-OH is 1. The van der Waals surface area contributed by atoms with E-state index in [2.05, 4.69) is 20.7 Å². The molecule has 0 spiro atoms. The van der Waals surface area contributed by atoms with Crippen molar-refractivity contribution >= 4 is 46.9 Å². The zero-order valence-electron chi connectivity index (χ0n) is 27.5. The molecule has 20 nitrogen and oxygen atoms in total. The van der Waals surface area contributed by atoms with Gasteiger partial charge in [0.1, 0.15) is 24.7 Å². The van der Waals surface area contributed by atoms with Gasteiger partial charge in [-0.2, -0.15) is 5.48 Å². The topological polar surface area (TPSA) is 299 Å². The van der Waals surface area contributed by atoms with Crippen LogP contribution in [0.5, 0.6) is 0 Å². The lowest BCUT2D eigenvalue weighted by molar-refractivity contribution is -0.385. The van der Waals surface area contributed by atoms with Gasteiger partial charge < -0.3 is 31.0 Å². The number of carbonyl (C=O) groups is 6. The molecular formula is C30H39N7O13. The Bertz CT molecular complexity index is 1550. The first-order chi connectivity index (χ1) is 23.5. The van der Waals surface area contributed by atoms with Gasteiger partial charge in [-0.1, -0.05) is 24.3 Å². The molecule has 7 N–H and O–H groups in total. The van der Waals surface area contributed by atoms with Crippen molar-refractivity contribution in [3.05, 3.63) is 79.9 Å². The number of nitro benzene ring substituents is 2. The van der Waals surface area contributed by atoms with Crippen LogP contribution >= 0.6 is 0 Å². The second kappa shape index (κ2) is 21.2. The van der Waals surface area contributed by atoms with Crippen LogP contribution in [0.3, 0.4) is 0 Å². The van der Waals surface area contributed by atoms with Crippen LogP contribution in [0.25, 0.3) is 0 Å². The number of nitrogens with one attached hydrogen (secondary N) is 5. The van der Waals surface area contributed by atoms with Crippen molar-refractivity contribution < 1.29 is 53.7 Å². The predicted molar refractivity (Wildman–Crippen MR) is 172 cm³/mol. The van der Waals surface area contributed by atoms with Gasteiger partial charge in [-0.15, -0.1) is 0 Å². The molecule has 0 aliphatic rings. The first-order valence-corrected chi connectivity index (χ1v) is 14.9. The molecule has 0 heterocycles. The summed E-state index contributed by atoms with van der Waals surface area (Å²) in [6.07, 6.45) is -1.55. The number of nitro groups is 2. The number of nitrogens with zero attached hydrogens (tertiary/aromatic N) is 2. The van der Waals surface area contributed by atoms with Crippen LogP contribution in [-0.2, 0) is 46.3 Å². The fourth-order valence-corrected chi connectivity index (χ4v) is 3.86. The van der Waals surface area contributed by atoms with Crippen molar-refractivity contribution in [2.45, 2.75) is 64.8 Å². The summed E-state index contributed by atoms with van der Waals surface area (Å²) in [7, 11) is 0. The quantitative estimate of drug-likeness (QED) is 0.0648. The molecule has 2 aromatic rings. The zero-order chi connectivity index (χ0) is 38.0. The molecule has 50 heavy (non-hydrogen) atoms. The van der Waals surface area contributed by atoms with Gasteiger partial charge in [0.15, 0.2) is 0 Å². The highest BCUT2D eigenvalue weighted by Gasteiger charge is 2.27. The molecule has 0 aliphatic carbocycles. The number of benzene rings is 2. The van der Waals surface area contributed by atoms with Gasteiger partial charge in [0.05, 0.1) is 35.4 Å². The Morgan fingerprint density at radius 3 is 1.64 bits per heavy atom. The molecule has 20 heteroatoms. The first-order valence-electron chi connectivity index (χ1n) is 14.9. The van der Waals surface area contributed by atoms with Crippen LogP contribution in [-0.4, -0.2) is 93.0 Å². The smallest absolute Gasteiger partial charge is 0.325 e. The van der Waals surface area contributed by atoms with Crippen molar-refractivity contribution in [2.75, 3.05) is 13.2 Å². The standard InChI is InChI=1S/C15H20N4O7.C15H19N3O6/c1-8(14(22)17-15(23)13(18-24)9(2)20)16-12(21)7-10-4-3-5-11(6-10)19(25)26;1-3-24-14(20)9-16-15(21)10(2)17-13(19)8-11-5-4-6-12(7-11)18(22)23/h3-6,8-9,13,18,20,24H,7H2,1-2H3,(H,16,21)(H,17,22,23);4-7,10H,3,8-9H2,1-2H3,(H,16,21)(H,17,19)/t8-,9+,13-;10-/m00/s1. The van der Waals surface area contributed by atoms with E-state index in [1.54, 1.807) is 18.5 Å². The predicted octanol–water partition coefficient (Wildman–Crippen LogP) is -0.666. The summed E-state index contributed by atoms with van der Waals surface area (Å²) in [5.41, 5.74) is 2.15. The summed E-state index contributed by atoms with van der Waals surface area (Å²) >= 11 is 0. The lowest BCUT2D eigenvalue weighted by atomic mass is 10.1. The molecule has 0 fully saturated rings. The number of hydroxylamine groups is 1. The van der Waals surface area contributed by atoms with Gasteiger partial charge >= 0.3 is 5.97 Å². The second-order valence-corrected chi connectivity index (χ2v) is 10.5. The molecule has 0 aromatic heterocycles. The largest absolute Gasteiger partial charge is 0.465 e. The number of hydrogen-bond acceptors (Lipinski definition) is 14. The van der Waals surface area contributed by atoms with Gasteiger partial charge in [-0.3, -0.25) is 54.3 Å². The van der Waals surface area contributed by atoms with E-state index in [0.717, 1.165) is 0 Å². The average Bonchev–Trinajstić information content (AvgIpc) is 3.04. The van der Waals surface area contributed by atoms with Crippen molar-refractivity contribution in [3.8, 4) is 0 Å². The maximum atomic E-state index is 12.0. The molecule has 5 amide bonds. The molecule has 0 bridgehead atoms. The zero-order valence-corrected chi connectivity index (χ0v) is 27.5. The SMILES string of the molecule is CCOC(=O)CNC(=O)[C@H](C)NC(=O)Cc1cccc([N+](=O)[O-])c1.C[C@H](NC(=O)Cc1cccc([N+](=O)[O-])c1)C(=O)NC(=O)[C@@H](NO)[C@@H](C)O. The van der Waals surface area contributed by atoms with Crippen LogP contribution in [0.1, 0.15) is 38.8 Å². The number of amides is 5. The molecule has 4 atom stereocenters. The Morgan fingerprint density at radius 1 is 0.780 bits per heavy atom. The van der Waals surface area contributed by atoms with Crippen molar-refractivity contribution in [1.29, 1.82) is 0 Å². The second-order valence-electron chi connectivity index (χ2n) is 10.5. The van der Waals surface area contributed by atoms with Crippen LogP contribution in [0, 0.1) is 20.2 Å². The number of hydrogen-bond donors (Lipinski definition) is 7. The third kappa shape index (κ3) is 15.4. The number of rotatable bonds is 16. The first kappa shape index (κ1) is 42.2. The van der Waals surface area contributed by atoms with Gasteiger partial charge in [0.25, 0.3) is 11.4 Å². The molecule has 2 aromatic carbocycles. The summed E-state index contributed by atoms with van der Waals surface area (Å²) in [5.74, 6) is -3.95. The Hall–Kier alpha value is -5.86. The third-order valence-corrected chi connectivity index (χ3v) is 6.38. The fourth-order valence-electron chi connectivity index (χ4n) is 3.86. The maximum Gasteiger partial charge on any atom is 0.325 e. The molecule has 0 aliphatic heterocycles. The fraction of sp³-hybridized carbons (Fsp3) is 0.400. The Kier molecular flexibility index (Phi) is 17.9. The van der Waals surface area contributed by atoms with E-state index < -0.39 is 69.6 Å². The van der Waals surface area contributed by atoms with E-state index in [1.165, 1.54) is 63.2 Å². The van der Waals surface area contributed by atoms with E-state index in [4.69, 9.17) is 5.21 Å². The van der Waals surface area contributed by atoms with Gasteiger partial charge in [-0.05, 0) is 38.8 Å². The molecule has 0 saturated carbocycles. The summed E-state index contributed by atoms with van der Waals surface area (Å²) in [5, 5.41) is 48.6. The van der Waals surface area contributed by atoms with E-state index in [1.807, 2.05) is 5.32 Å². The van der Waals surface area contributed by atoms with Gasteiger partial charge in [0, 0.05) is 24.3 Å². The van der Waals surface area contributed by atoms with E-state index >= 15 is 0 Å². The van der Waals surface area contributed by atoms with E-state index in [9.17, 15) is 54.1 Å². The monoisotopic (exact) mass is 705 g/mol. The molecule has 0 saturated heterocycles. The van der Waals surface area contributed by atoms with Crippen LogP contribution < -0.4 is 26.7 Å². The van der Waals surface area contributed by atoms with Crippen LogP contribution in [0.2, 0.25) is 0 Å². The Balaban J connectivity index is 0.000000502. The highest BCUT2D eigenvalue weighted by molar-refractivity contribution is 6.01. The summed E-state index contributed by atoms with van der Waals surface area (Å²) < 4.78 is 4.67. The number of imide groups is 1. The molecule has 0 unspecified atom stereocenters. The van der Waals surface area contributed by atoms with Crippen molar-refractivity contribution in [1.82, 2.24) is 26.7 Å². The number of non-ortho nitro benzene ring substituents is 2. The van der Waals surface area contributed by atoms with Gasteiger partial charge in [-0.25, -0.2) is 0 Å². The molecule has 0 radical (unpaired) electrons. The number of esters is 1. The van der Waals surface area contributed by atoms with E-state index in [-0.39, 0.29) is 37.4 Å². The van der Waals surface area contributed by atoms with Crippen LogP contribution in [0.4, 0.5) is 11.4 Å². The molecular weight excluding hydrogens is 666 g/mol. The summed E-state index contributed by atoms with van der Waals surface area (Å²) in [6, 6.07) is 7.84. The van der Waals surface area contributed by atoms with Crippen molar-refractivity contribution in [3.63, 3.8) is 0 Å².